The van der Waals surface area contributed by atoms with Gasteiger partial charge in [0.05, 0.1) is 30.7 Å². The zero-order valence-electron chi connectivity index (χ0n) is 24.5. The molecule has 0 spiro atoms. The normalized spacial score (nSPS) is 15.3. The predicted molar refractivity (Wildman–Crippen MR) is 164 cm³/mol. The fourth-order valence-corrected chi connectivity index (χ4v) is 6.89. The van der Waals surface area contributed by atoms with Crippen molar-refractivity contribution in [3.05, 3.63) is 46.1 Å². The number of aromatic hydroxyl groups is 1. The van der Waals surface area contributed by atoms with Gasteiger partial charge in [-0.25, -0.2) is 4.79 Å². The van der Waals surface area contributed by atoms with E-state index in [1.165, 1.54) is 43.7 Å². The number of carboxylic acid groups (broad SMARTS) is 2. The highest BCUT2D eigenvalue weighted by atomic mass is 33.1. The molecule has 3 atom stereocenters. The quantitative estimate of drug-likeness (QED) is 0.0932. The van der Waals surface area contributed by atoms with Crippen LogP contribution in [0, 0.1) is 5.92 Å². The summed E-state index contributed by atoms with van der Waals surface area (Å²) in [5.41, 5.74) is 3.67. The van der Waals surface area contributed by atoms with Gasteiger partial charge in [0.25, 0.3) is 5.91 Å². The molecule has 11 heteroatoms. The molecule has 4 N–H and O–H groups in total. The fraction of sp³-hybridized carbons (Fsp3) is 0.567. The van der Waals surface area contributed by atoms with Crippen molar-refractivity contribution >= 4 is 39.4 Å². The van der Waals surface area contributed by atoms with Gasteiger partial charge in [-0.2, -0.15) is 0 Å². The SMILES string of the molecule is CC(C)=CCC/C(C)=C/CCCOc1c(C[C@@H](C)O)c(O)cc2c1CN([C@@H](CSSC[C@H](C)C(=O)O)C(=O)O)C2=O. The summed E-state index contributed by atoms with van der Waals surface area (Å²) in [5, 5.41) is 39.8. The number of hydrogen-bond donors (Lipinski definition) is 4. The van der Waals surface area contributed by atoms with Crippen LogP contribution in [0.4, 0.5) is 0 Å². The Morgan fingerprint density at radius 2 is 1.76 bits per heavy atom. The Balaban J connectivity index is 2.17. The first kappa shape index (κ1) is 34.6. The van der Waals surface area contributed by atoms with Crippen LogP contribution in [-0.2, 0) is 22.6 Å². The number of carbonyl (C=O) groups is 3. The van der Waals surface area contributed by atoms with E-state index < -0.39 is 35.9 Å². The molecule has 9 nitrogen and oxygen atoms in total. The number of benzene rings is 1. The molecular formula is C30H43NO8S2. The van der Waals surface area contributed by atoms with Gasteiger partial charge in [-0.3, -0.25) is 9.59 Å². The van der Waals surface area contributed by atoms with Crippen LogP contribution in [-0.4, -0.2) is 73.4 Å². The second-order valence-corrected chi connectivity index (χ2v) is 13.3. The van der Waals surface area contributed by atoms with E-state index >= 15 is 0 Å². The van der Waals surface area contributed by atoms with Crippen molar-refractivity contribution in [1.82, 2.24) is 4.90 Å². The van der Waals surface area contributed by atoms with E-state index in [4.69, 9.17) is 9.84 Å². The Morgan fingerprint density at radius 1 is 1.07 bits per heavy atom. The van der Waals surface area contributed by atoms with Crippen LogP contribution in [0.15, 0.2) is 29.4 Å². The maximum Gasteiger partial charge on any atom is 0.327 e. The van der Waals surface area contributed by atoms with E-state index in [1.54, 1.807) is 13.8 Å². The van der Waals surface area contributed by atoms with E-state index in [9.17, 15) is 29.7 Å². The molecule has 228 valence electrons. The fourth-order valence-electron chi connectivity index (χ4n) is 4.32. The van der Waals surface area contributed by atoms with Gasteiger partial charge in [-0.15, -0.1) is 0 Å². The first-order valence-corrected chi connectivity index (χ1v) is 16.3. The average Bonchev–Trinajstić information content (AvgIpc) is 3.19. The summed E-state index contributed by atoms with van der Waals surface area (Å²) in [7, 11) is 2.46. The van der Waals surface area contributed by atoms with Gasteiger partial charge >= 0.3 is 11.9 Å². The third-order valence-electron chi connectivity index (χ3n) is 6.67. The number of allylic oxidation sites excluding steroid dienone is 4. The largest absolute Gasteiger partial charge is 0.508 e. The van der Waals surface area contributed by atoms with Gasteiger partial charge in [0.1, 0.15) is 17.5 Å². The highest BCUT2D eigenvalue weighted by Crippen LogP contribution is 2.41. The number of aliphatic carboxylic acids is 2. The van der Waals surface area contributed by atoms with Crippen LogP contribution in [0.1, 0.15) is 81.8 Å². The molecule has 1 aliphatic heterocycles. The summed E-state index contributed by atoms with van der Waals surface area (Å²) >= 11 is 0. The molecule has 0 radical (unpaired) electrons. The van der Waals surface area contributed by atoms with Crippen LogP contribution in [0.3, 0.4) is 0 Å². The third-order valence-corrected chi connectivity index (χ3v) is 9.24. The van der Waals surface area contributed by atoms with Gasteiger partial charge in [0.2, 0.25) is 0 Å². The van der Waals surface area contributed by atoms with Crippen molar-refractivity contribution in [2.24, 2.45) is 5.92 Å². The predicted octanol–water partition coefficient (Wildman–Crippen LogP) is 5.68. The molecule has 0 unspecified atom stereocenters. The molecule has 1 aliphatic rings. The van der Waals surface area contributed by atoms with Crippen molar-refractivity contribution in [2.45, 2.75) is 85.4 Å². The average molecular weight is 610 g/mol. The summed E-state index contributed by atoms with van der Waals surface area (Å²) in [6.45, 7) is 9.76. The molecule has 1 heterocycles. The number of amides is 1. The van der Waals surface area contributed by atoms with Gasteiger partial charge in [-0.05, 0) is 59.4 Å². The van der Waals surface area contributed by atoms with Gasteiger partial charge in [0.15, 0.2) is 0 Å². The molecule has 0 fully saturated rings. The van der Waals surface area contributed by atoms with Crippen LogP contribution >= 0.6 is 21.6 Å². The zero-order valence-corrected chi connectivity index (χ0v) is 26.1. The summed E-state index contributed by atoms with van der Waals surface area (Å²) in [6, 6.07) is 0.179. The summed E-state index contributed by atoms with van der Waals surface area (Å²) in [4.78, 5) is 37.8. The number of nitrogens with zero attached hydrogens (tertiary/aromatic N) is 1. The number of carbonyl (C=O) groups excluding carboxylic acids is 1. The van der Waals surface area contributed by atoms with Gasteiger partial charge < -0.3 is 30.1 Å². The maximum absolute atomic E-state index is 13.3. The minimum Gasteiger partial charge on any atom is -0.508 e. The lowest BCUT2D eigenvalue weighted by Crippen LogP contribution is -2.43. The van der Waals surface area contributed by atoms with Gasteiger partial charge in [-0.1, -0.05) is 51.8 Å². The lowest BCUT2D eigenvalue weighted by atomic mass is 9.99. The van der Waals surface area contributed by atoms with E-state index in [1.807, 2.05) is 0 Å². The summed E-state index contributed by atoms with van der Waals surface area (Å²) < 4.78 is 6.14. The highest BCUT2D eigenvalue weighted by molar-refractivity contribution is 8.76. The number of ether oxygens (including phenoxy) is 1. The number of unbranched alkanes of at least 4 members (excludes halogenated alkanes) is 1. The smallest absolute Gasteiger partial charge is 0.327 e. The van der Waals surface area contributed by atoms with E-state index in [2.05, 4.69) is 32.9 Å². The minimum absolute atomic E-state index is 0.00626. The molecule has 1 amide bonds. The maximum atomic E-state index is 13.3. The van der Waals surface area contributed by atoms with Crippen LogP contribution in [0.25, 0.3) is 0 Å². The third kappa shape index (κ3) is 10.6. The van der Waals surface area contributed by atoms with Crippen molar-refractivity contribution in [3.8, 4) is 11.5 Å². The number of hydrogen-bond acceptors (Lipinski definition) is 8. The number of phenolic OH excluding ortho intramolecular Hbond substituents is 1. The van der Waals surface area contributed by atoms with Crippen LogP contribution < -0.4 is 4.74 Å². The molecule has 0 saturated heterocycles. The number of aliphatic hydroxyl groups is 1. The Hall–Kier alpha value is -2.63. The molecule has 2 rings (SSSR count). The number of phenols is 1. The first-order chi connectivity index (χ1) is 19.3. The molecule has 0 aromatic heterocycles. The monoisotopic (exact) mass is 609 g/mol. The summed E-state index contributed by atoms with van der Waals surface area (Å²) in [6.07, 6.45) is 7.23. The Bertz CT molecular complexity index is 1140. The van der Waals surface area contributed by atoms with Crippen molar-refractivity contribution < 1.29 is 39.5 Å². The molecular weight excluding hydrogens is 566 g/mol. The second kappa shape index (κ2) is 16.7. The molecule has 1 aromatic rings. The topological polar surface area (TPSA) is 145 Å². The minimum atomic E-state index is -1.17. The Morgan fingerprint density at radius 3 is 2.37 bits per heavy atom. The van der Waals surface area contributed by atoms with Gasteiger partial charge in [0, 0.05) is 29.1 Å². The van der Waals surface area contributed by atoms with E-state index in [0.717, 1.165) is 19.3 Å². The second-order valence-electron chi connectivity index (χ2n) is 10.7. The lowest BCUT2D eigenvalue weighted by Gasteiger charge is -2.24. The molecule has 0 bridgehead atoms. The molecule has 0 aliphatic carbocycles. The van der Waals surface area contributed by atoms with E-state index in [-0.39, 0.29) is 30.0 Å². The van der Waals surface area contributed by atoms with Crippen LogP contribution in [0.5, 0.6) is 11.5 Å². The highest BCUT2D eigenvalue weighted by Gasteiger charge is 2.39. The number of rotatable bonds is 18. The van der Waals surface area contributed by atoms with Crippen molar-refractivity contribution in [2.75, 3.05) is 18.1 Å². The number of carboxylic acids is 2. The van der Waals surface area contributed by atoms with Crippen molar-refractivity contribution in [1.29, 1.82) is 0 Å². The zero-order chi connectivity index (χ0) is 30.7. The van der Waals surface area contributed by atoms with Crippen molar-refractivity contribution in [3.63, 3.8) is 0 Å². The Kier molecular flexibility index (Phi) is 14.1. The van der Waals surface area contributed by atoms with Crippen LogP contribution in [0.2, 0.25) is 0 Å². The molecule has 41 heavy (non-hydrogen) atoms. The standard InChI is InChI=1S/C30H43NO8S2/c1-18(2)9-8-11-19(3)10-6-7-12-39-27-23(13-21(5)32)26(33)14-22-24(27)15-31(28(22)34)25(30(37)38)17-41-40-16-20(4)29(35)36/h9-10,14,20-21,25,32-33H,6-8,11-13,15-17H2,1-5H3,(H,35,36)(H,37,38)/b19-10+/t20-,21+,25-/m0/s1. The Labute approximate surface area is 250 Å². The van der Waals surface area contributed by atoms with E-state index in [0.29, 0.717) is 35.7 Å². The summed E-state index contributed by atoms with van der Waals surface area (Å²) in [5.74, 6) is -2.68. The first-order valence-electron chi connectivity index (χ1n) is 13.8. The molecule has 1 aromatic carbocycles. The lowest BCUT2D eigenvalue weighted by molar-refractivity contribution is -0.142. The molecule has 0 saturated carbocycles. The number of aliphatic hydroxyl groups excluding tert-OH is 1. The number of fused-ring (bicyclic) bond motifs is 1.